The number of aliphatic hydroxyl groups excluding tert-OH is 1. The van der Waals surface area contributed by atoms with E-state index in [-0.39, 0.29) is 12.7 Å². The molecular formula is C23H36O2. The zero-order valence-electron chi connectivity index (χ0n) is 16.0. The Kier molecular flexibility index (Phi) is 7.36. The molecule has 2 nitrogen and oxygen atoms in total. The van der Waals surface area contributed by atoms with Crippen molar-refractivity contribution in [3.05, 3.63) is 35.4 Å². The monoisotopic (exact) mass is 344 g/mol. The third kappa shape index (κ3) is 5.56. The maximum Gasteiger partial charge on any atom is 0.0806 e. The minimum Gasteiger partial charge on any atom is -0.394 e. The normalized spacial score (nSPS) is 30.3. The van der Waals surface area contributed by atoms with Crippen LogP contribution in [0, 0.1) is 11.8 Å². The van der Waals surface area contributed by atoms with Gasteiger partial charge in [0.1, 0.15) is 0 Å². The third-order valence-corrected chi connectivity index (χ3v) is 6.49. The molecule has 2 atom stereocenters. The first-order chi connectivity index (χ1) is 12.3. The Hall–Kier alpha value is -0.860. The lowest BCUT2D eigenvalue weighted by Crippen LogP contribution is -2.28. The van der Waals surface area contributed by atoms with Crippen LogP contribution in [-0.2, 0) is 11.2 Å². The molecule has 1 saturated heterocycles. The van der Waals surface area contributed by atoms with Gasteiger partial charge in [-0.05, 0) is 80.2 Å². The highest BCUT2D eigenvalue weighted by molar-refractivity contribution is 5.25. The Balaban J connectivity index is 1.37. The quantitative estimate of drug-likeness (QED) is 0.709. The van der Waals surface area contributed by atoms with Crippen LogP contribution >= 0.6 is 0 Å². The Morgan fingerprint density at radius 2 is 1.60 bits per heavy atom. The summed E-state index contributed by atoms with van der Waals surface area (Å²) < 4.78 is 5.73. The van der Waals surface area contributed by atoms with Crippen LogP contribution in [0.1, 0.15) is 81.8 Å². The number of hydrogen-bond acceptors (Lipinski definition) is 2. The summed E-state index contributed by atoms with van der Waals surface area (Å²) in [5.41, 5.74) is 3.05. The molecule has 1 aliphatic heterocycles. The van der Waals surface area contributed by atoms with Crippen LogP contribution in [0.5, 0.6) is 0 Å². The number of aryl methyl sites for hydroxylation is 1. The van der Waals surface area contributed by atoms with Crippen molar-refractivity contribution in [2.75, 3.05) is 13.2 Å². The zero-order chi connectivity index (χ0) is 17.5. The molecule has 1 aromatic carbocycles. The molecule has 3 rings (SSSR count). The van der Waals surface area contributed by atoms with Crippen LogP contribution in [0.25, 0.3) is 0 Å². The number of hydrogen-bond donors (Lipinski definition) is 1. The summed E-state index contributed by atoms with van der Waals surface area (Å²) in [4.78, 5) is 0. The van der Waals surface area contributed by atoms with Crippen LogP contribution in [0.3, 0.4) is 0 Å². The number of ether oxygens (including phenoxy) is 1. The standard InChI is InChI=1S/C23H36O2/c1-2-3-18-6-11-21(12-7-18)22-13-8-19(9-14-22)4-5-20-10-15-23(16-24)25-17-20/h6-7,11-12,19-20,22-24H,2-5,8-10,13-17H2,1H3. The predicted molar refractivity (Wildman–Crippen MR) is 104 cm³/mol. The van der Waals surface area contributed by atoms with Crippen LogP contribution in [0.2, 0.25) is 0 Å². The fourth-order valence-corrected chi connectivity index (χ4v) is 4.73. The van der Waals surface area contributed by atoms with E-state index in [0.29, 0.717) is 0 Å². The fraction of sp³-hybridized carbons (Fsp3) is 0.739. The van der Waals surface area contributed by atoms with Gasteiger partial charge < -0.3 is 9.84 Å². The summed E-state index contributed by atoms with van der Waals surface area (Å²) in [7, 11) is 0. The van der Waals surface area contributed by atoms with E-state index in [4.69, 9.17) is 9.84 Å². The molecule has 0 aromatic heterocycles. The van der Waals surface area contributed by atoms with Crippen molar-refractivity contribution in [3.8, 4) is 0 Å². The highest BCUT2D eigenvalue weighted by Gasteiger charge is 2.25. The van der Waals surface area contributed by atoms with Gasteiger partial charge in [-0.1, -0.05) is 44.0 Å². The number of benzene rings is 1. The molecule has 140 valence electrons. The van der Waals surface area contributed by atoms with Gasteiger partial charge in [-0.2, -0.15) is 0 Å². The number of rotatable bonds is 7. The molecule has 2 fully saturated rings. The van der Waals surface area contributed by atoms with Crippen molar-refractivity contribution in [1.82, 2.24) is 0 Å². The predicted octanol–water partition coefficient (Wildman–Crippen LogP) is 5.48. The van der Waals surface area contributed by atoms with E-state index >= 15 is 0 Å². The molecule has 1 N–H and O–H groups in total. The molecule has 1 aliphatic carbocycles. The topological polar surface area (TPSA) is 29.5 Å². The van der Waals surface area contributed by atoms with Gasteiger partial charge in [0, 0.05) is 6.61 Å². The summed E-state index contributed by atoms with van der Waals surface area (Å²) in [5.74, 6) is 2.44. The molecule has 0 radical (unpaired) electrons. The van der Waals surface area contributed by atoms with Gasteiger partial charge in [-0.3, -0.25) is 0 Å². The lowest BCUT2D eigenvalue weighted by atomic mass is 9.76. The Bertz CT molecular complexity index is 479. The summed E-state index contributed by atoms with van der Waals surface area (Å²) in [5, 5.41) is 9.15. The lowest BCUT2D eigenvalue weighted by Gasteiger charge is -2.32. The van der Waals surface area contributed by atoms with E-state index in [1.807, 2.05) is 0 Å². The molecule has 0 spiro atoms. The molecule has 2 heteroatoms. The van der Waals surface area contributed by atoms with E-state index in [0.717, 1.165) is 30.8 Å². The van der Waals surface area contributed by atoms with Crippen molar-refractivity contribution >= 4 is 0 Å². The van der Waals surface area contributed by atoms with Gasteiger partial charge in [0.25, 0.3) is 0 Å². The third-order valence-electron chi connectivity index (χ3n) is 6.49. The fourth-order valence-electron chi connectivity index (χ4n) is 4.73. The minimum absolute atomic E-state index is 0.107. The van der Waals surface area contributed by atoms with Crippen molar-refractivity contribution < 1.29 is 9.84 Å². The first kappa shape index (κ1) is 18.9. The van der Waals surface area contributed by atoms with Crippen LogP contribution < -0.4 is 0 Å². The maximum absolute atomic E-state index is 9.15. The Morgan fingerprint density at radius 3 is 2.20 bits per heavy atom. The highest BCUT2D eigenvalue weighted by atomic mass is 16.5. The lowest BCUT2D eigenvalue weighted by molar-refractivity contribution is -0.0453. The molecule has 2 unspecified atom stereocenters. The second-order valence-electron chi connectivity index (χ2n) is 8.37. The van der Waals surface area contributed by atoms with Crippen LogP contribution in [-0.4, -0.2) is 24.4 Å². The van der Waals surface area contributed by atoms with Gasteiger partial charge in [-0.25, -0.2) is 0 Å². The van der Waals surface area contributed by atoms with Crippen molar-refractivity contribution in [1.29, 1.82) is 0 Å². The van der Waals surface area contributed by atoms with E-state index in [2.05, 4.69) is 31.2 Å². The van der Waals surface area contributed by atoms with E-state index < -0.39 is 0 Å². The average molecular weight is 345 g/mol. The number of aliphatic hydroxyl groups is 1. The average Bonchev–Trinajstić information content (AvgIpc) is 2.68. The van der Waals surface area contributed by atoms with Gasteiger partial charge >= 0.3 is 0 Å². The Morgan fingerprint density at radius 1 is 0.920 bits per heavy atom. The molecule has 1 saturated carbocycles. The van der Waals surface area contributed by atoms with E-state index in [9.17, 15) is 0 Å². The van der Waals surface area contributed by atoms with E-state index in [1.165, 1.54) is 63.4 Å². The zero-order valence-corrected chi connectivity index (χ0v) is 16.0. The molecule has 25 heavy (non-hydrogen) atoms. The highest BCUT2D eigenvalue weighted by Crippen LogP contribution is 2.38. The molecule has 1 aromatic rings. The van der Waals surface area contributed by atoms with Gasteiger partial charge in [0.2, 0.25) is 0 Å². The summed E-state index contributed by atoms with van der Waals surface area (Å²) in [6.07, 6.45) is 13.1. The SMILES string of the molecule is CCCc1ccc(C2CCC(CCC3CCC(CO)OC3)CC2)cc1. The molecule has 1 heterocycles. The summed E-state index contributed by atoms with van der Waals surface area (Å²) in [6.45, 7) is 3.31. The summed E-state index contributed by atoms with van der Waals surface area (Å²) >= 11 is 0. The summed E-state index contributed by atoms with van der Waals surface area (Å²) in [6, 6.07) is 9.45. The van der Waals surface area contributed by atoms with Gasteiger partial charge in [-0.15, -0.1) is 0 Å². The minimum atomic E-state index is 0.107. The van der Waals surface area contributed by atoms with Crippen molar-refractivity contribution in [2.24, 2.45) is 11.8 Å². The second kappa shape index (κ2) is 9.73. The molecule has 0 amide bonds. The van der Waals surface area contributed by atoms with Crippen molar-refractivity contribution in [2.45, 2.75) is 83.2 Å². The van der Waals surface area contributed by atoms with Crippen LogP contribution in [0.15, 0.2) is 24.3 Å². The smallest absolute Gasteiger partial charge is 0.0806 e. The molecular weight excluding hydrogens is 308 g/mol. The maximum atomic E-state index is 9.15. The molecule has 2 aliphatic rings. The van der Waals surface area contributed by atoms with E-state index in [1.54, 1.807) is 5.56 Å². The van der Waals surface area contributed by atoms with Gasteiger partial charge in [0.15, 0.2) is 0 Å². The Labute approximate surface area is 154 Å². The largest absolute Gasteiger partial charge is 0.394 e. The first-order valence-corrected chi connectivity index (χ1v) is 10.6. The second-order valence-corrected chi connectivity index (χ2v) is 8.37. The molecule has 0 bridgehead atoms. The van der Waals surface area contributed by atoms with Crippen molar-refractivity contribution in [3.63, 3.8) is 0 Å². The first-order valence-electron chi connectivity index (χ1n) is 10.6. The van der Waals surface area contributed by atoms with Crippen LogP contribution in [0.4, 0.5) is 0 Å². The van der Waals surface area contributed by atoms with Gasteiger partial charge in [0.05, 0.1) is 12.7 Å².